The predicted octanol–water partition coefficient (Wildman–Crippen LogP) is 2.45. The fourth-order valence-electron chi connectivity index (χ4n) is 1.89. The van der Waals surface area contributed by atoms with Crippen molar-refractivity contribution in [1.82, 2.24) is 4.90 Å². The van der Waals surface area contributed by atoms with Crippen LogP contribution >= 0.6 is 0 Å². The lowest BCUT2D eigenvalue weighted by atomic mass is 10.2. The molecule has 0 heterocycles. The van der Waals surface area contributed by atoms with Crippen molar-refractivity contribution in [1.29, 1.82) is 0 Å². The molecule has 0 aliphatic rings. The van der Waals surface area contributed by atoms with Gasteiger partial charge < -0.3 is 15.0 Å². The van der Waals surface area contributed by atoms with Crippen molar-refractivity contribution in [3.63, 3.8) is 0 Å². The standard InChI is InChI=1S/C16H21FN2O3/c1-5-19(10-11(2)3)15(20)9-18-14-8-12(16(21)22-4)6-7-13(14)17/h6-8,18H,2,5,9-10H2,1,3-4H3. The van der Waals surface area contributed by atoms with E-state index in [9.17, 15) is 14.0 Å². The van der Waals surface area contributed by atoms with Crippen LogP contribution in [-0.2, 0) is 9.53 Å². The van der Waals surface area contributed by atoms with E-state index in [1.54, 1.807) is 4.90 Å². The van der Waals surface area contributed by atoms with Gasteiger partial charge in [-0.3, -0.25) is 4.79 Å². The molecule has 6 heteroatoms. The van der Waals surface area contributed by atoms with Crippen LogP contribution in [0.4, 0.5) is 10.1 Å². The Bertz CT molecular complexity index is 573. The van der Waals surface area contributed by atoms with Crippen LogP contribution in [0, 0.1) is 5.82 Å². The summed E-state index contributed by atoms with van der Waals surface area (Å²) in [5.41, 5.74) is 1.17. The number of methoxy groups -OCH3 is 1. The zero-order valence-electron chi connectivity index (χ0n) is 13.1. The largest absolute Gasteiger partial charge is 0.465 e. The number of esters is 1. The fraction of sp³-hybridized carbons (Fsp3) is 0.375. The molecule has 0 aromatic heterocycles. The lowest BCUT2D eigenvalue weighted by molar-refractivity contribution is -0.128. The van der Waals surface area contributed by atoms with E-state index in [2.05, 4.69) is 16.6 Å². The minimum atomic E-state index is -0.563. The Kier molecular flexibility index (Phi) is 6.56. The summed E-state index contributed by atoms with van der Waals surface area (Å²) in [4.78, 5) is 25.1. The number of rotatable bonds is 7. The first-order valence-electron chi connectivity index (χ1n) is 6.93. The van der Waals surface area contributed by atoms with Crippen molar-refractivity contribution >= 4 is 17.6 Å². The second kappa shape index (κ2) is 8.17. The van der Waals surface area contributed by atoms with Crippen LogP contribution in [0.15, 0.2) is 30.4 Å². The molecule has 1 N–H and O–H groups in total. The minimum absolute atomic E-state index is 0.0668. The third kappa shape index (κ3) is 4.87. The Balaban J connectivity index is 2.76. The average molecular weight is 308 g/mol. The van der Waals surface area contributed by atoms with Gasteiger partial charge in [0.2, 0.25) is 5.91 Å². The number of carbonyl (C=O) groups is 2. The molecule has 0 aliphatic heterocycles. The maximum atomic E-state index is 13.7. The SMILES string of the molecule is C=C(C)CN(CC)C(=O)CNc1cc(C(=O)OC)ccc1F. The minimum Gasteiger partial charge on any atom is -0.465 e. The molecule has 0 saturated heterocycles. The lowest BCUT2D eigenvalue weighted by Crippen LogP contribution is -2.36. The molecule has 1 amide bonds. The van der Waals surface area contributed by atoms with Gasteiger partial charge in [-0.2, -0.15) is 0 Å². The third-order valence-corrected chi connectivity index (χ3v) is 3.01. The van der Waals surface area contributed by atoms with Crippen molar-refractivity contribution in [2.24, 2.45) is 0 Å². The molecule has 0 aliphatic carbocycles. The van der Waals surface area contributed by atoms with E-state index < -0.39 is 11.8 Å². The molecular weight excluding hydrogens is 287 g/mol. The summed E-state index contributed by atoms with van der Waals surface area (Å²) in [5, 5.41) is 2.72. The molecule has 0 spiro atoms. The Hall–Kier alpha value is -2.37. The lowest BCUT2D eigenvalue weighted by Gasteiger charge is -2.21. The van der Waals surface area contributed by atoms with Gasteiger partial charge in [-0.1, -0.05) is 12.2 Å². The van der Waals surface area contributed by atoms with E-state index in [0.29, 0.717) is 13.1 Å². The highest BCUT2D eigenvalue weighted by atomic mass is 19.1. The number of hydrogen-bond acceptors (Lipinski definition) is 4. The van der Waals surface area contributed by atoms with Gasteiger partial charge in [0.25, 0.3) is 0 Å². The summed E-state index contributed by atoms with van der Waals surface area (Å²) in [5.74, 6) is -1.27. The van der Waals surface area contributed by atoms with Crippen LogP contribution in [0.2, 0.25) is 0 Å². The molecule has 0 fully saturated rings. The van der Waals surface area contributed by atoms with Crippen LogP contribution in [0.3, 0.4) is 0 Å². The topological polar surface area (TPSA) is 58.6 Å². The number of hydrogen-bond donors (Lipinski definition) is 1. The number of halogens is 1. The van der Waals surface area contributed by atoms with Crippen molar-refractivity contribution < 1.29 is 18.7 Å². The van der Waals surface area contributed by atoms with Crippen molar-refractivity contribution in [2.75, 3.05) is 32.1 Å². The molecule has 0 atom stereocenters. The molecule has 0 saturated carbocycles. The average Bonchev–Trinajstić information content (AvgIpc) is 2.50. The zero-order valence-corrected chi connectivity index (χ0v) is 13.1. The molecule has 120 valence electrons. The maximum Gasteiger partial charge on any atom is 0.337 e. The van der Waals surface area contributed by atoms with Gasteiger partial charge in [0, 0.05) is 13.1 Å². The summed E-state index contributed by atoms with van der Waals surface area (Å²) < 4.78 is 18.3. The van der Waals surface area contributed by atoms with Crippen LogP contribution in [-0.4, -0.2) is 43.5 Å². The molecule has 0 unspecified atom stereocenters. The van der Waals surface area contributed by atoms with Gasteiger partial charge in [0.05, 0.1) is 24.9 Å². The van der Waals surface area contributed by atoms with E-state index in [-0.39, 0.29) is 23.7 Å². The summed E-state index contributed by atoms with van der Waals surface area (Å²) >= 11 is 0. The number of carbonyl (C=O) groups excluding carboxylic acids is 2. The van der Waals surface area contributed by atoms with Crippen molar-refractivity contribution in [3.8, 4) is 0 Å². The number of benzene rings is 1. The van der Waals surface area contributed by atoms with Gasteiger partial charge in [-0.05, 0) is 32.0 Å². The highest BCUT2D eigenvalue weighted by molar-refractivity contribution is 5.90. The number of ether oxygens (including phenoxy) is 1. The smallest absolute Gasteiger partial charge is 0.337 e. The Morgan fingerprint density at radius 3 is 2.64 bits per heavy atom. The first-order valence-corrected chi connectivity index (χ1v) is 6.93. The third-order valence-electron chi connectivity index (χ3n) is 3.01. The van der Waals surface area contributed by atoms with E-state index in [1.165, 1.54) is 19.2 Å². The van der Waals surface area contributed by atoms with E-state index in [0.717, 1.165) is 11.6 Å². The van der Waals surface area contributed by atoms with Gasteiger partial charge in [0.1, 0.15) is 5.82 Å². The van der Waals surface area contributed by atoms with Crippen LogP contribution < -0.4 is 5.32 Å². The van der Waals surface area contributed by atoms with Gasteiger partial charge in [0.15, 0.2) is 0 Å². The summed E-state index contributed by atoms with van der Waals surface area (Å²) in [6, 6.07) is 3.81. The molecule has 0 radical (unpaired) electrons. The molecule has 1 rings (SSSR count). The Labute approximate surface area is 129 Å². The predicted molar refractivity (Wildman–Crippen MR) is 83.3 cm³/mol. The number of likely N-dealkylation sites (N-methyl/N-ethyl adjacent to an activating group) is 1. The number of amides is 1. The van der Waals surface area contributed by atoms with Crippen molar-refractivity contribution in [3.05, 3.63) is 41.7 Å². The maximum absolute atomic E-state index is 13.7. The van der Waals surface area contributed by atoms with Crippen LogP contribution in [0.25, 0.3) is 0 Å². The first kappa shape index (κ1) is 17.7. The summed E-state index contributed by atoms with van der Waals surface area (Å²) in [7, 11) is 1.25. The van der Waals surface area contributed by atoms with Crippen LogP contribution in [0.5, 0.6) is 0 Å². The number of anilines is 1. The summed E-state index contributed by atoms with van der Waals surface area (Å²) in [6.07, 6.45) is 0. The normalized spacial score (nSPS) is 10.0. The Morgan fingerprint density at radius 2 is 2.09 bits per heavy atom. The highest BCUT2D eigenvalue weighted by Gasteiger charge is 2.14. The monoisotopic (exact) mass is 308 g/mol. The number of nitrogens with one attached hydrogen (secondary N) is 1. The molecule has 1 aromatic rings. The van der Waals surface area contributed by atoms with Gasteiger partial charge in [-0.15, -0.1) is 0 Å². The highest BCUT2D eigenvalue weighted by Crippen LogP contribution is 2.16. The van der Waals surface area contributed by atoms with Crippen molar-refractivity contribution in [2.45, 2.75) is 13.8 Å². The summed E-state index contributed by atoms with van der Waals surface area (Å²) in [6.45, 7) is 8.40. The zero-order chi connectivity index (χ0) is 16.7. The van der Waals surface area contributed by atoms with Gasteiger partial charge in [-0.25, -0.2) is 9.18 Å². The van der Waals surface area contributed by atoms with Gasteiger partial charge >= 0.3 is 5.97 Å². The molecular formula is C16H21FN2O3. The van der Waals surface area contributed by atoms with E-state index >= 15 is 0 Å². The molecule has 5 nitrogen and oxygen atoms in total. The van der Waals surface area contributed by atoms with E-state index in [4.69, 9.17) is 0 Å². The molecule has 1 aromatic carbocycles. The Morgan fingerprint density at radius 1 is 1.41 bits per heavy atom. The second-order valence-corrected chi connectivity index (χ2v) is 4.90. The molecule has 0 bridgehead atoms. The van der Waals surface area contributed by atoms with E-state index in [1.807, 2.05) is 13.8 Å². The first-order chi connectivity index (χ1) is 10.4. The molecule has 22 heavy (non-hydrogen) atoms. The fourth-order valence-corrected chi connectivity index (χ4v) is 1.89. The number of nitrogens with zero attached hydrogens (tertiary/aromatic N) is 1. The van der Waals surface area contributed by atoms with Crippen LogP contribution in [0.1, 0.15) is 24.2 Å². The quantitative estimate of drug-likeness (QED) is 0.621. The second-order valence-electron chi connectivity index (χ2n) is 4.90.